The van der Waals surface area contributed by atoms with Gasteiger partial charge in [-0.1, -0.05) is 6.92 Å². The summed E-state index contributed by atoms with van der Waals surface area (Å²) in [7, 11) is 0. The lowest BCUT2D eigenvalue weighted by molar-refractivity contribution is -0.125. The maximum absolute atomic E-state index is 11.9. The molecule has 0 heterocycles. The second-order valence-corrected chi connectivity index (χ2v) is 6.07. The topological polar surface area (TPSA) is 32.3 Å². The van der Waals surface area contributed by atoms with E-state index in [1.807, 2.05) is 0 Å². The SMILES string of the molecule is CCN(CCNC(=O)C1CC2CC2C1)C1CC1. The van der Waals surface area contributed by atoms with Gasteiger partial charge in [-0.2, -0.15) is 0 Å². The highest BCUT2D eigenvalue weighted by atomic mass is 16.1. The Bertz CT molecular complexity index is 291. The van der Waals surface area contributed by atoms with Crippen molar-refractivity contribution < 1.29 is 4.79 Å². The van der Waals surface area contributed by atoms with E-state index in [1.165, 1.54) is 19.3 Å². The second-order valence-electron chi connectivity index (χ2n) is 6.07. The third-order valence-electron chi connectivity index (χ3n) is 4.78. The van der Waals surface area contributed by atoms with Crippen LogP contribution in [0.4, 0.5) is 0 Å². The van der Waals surface area contributed by atoms with Gasteiger partial charge in [0.1, 0.15) is 0 Å². The summed E-state index contributed by atoms with van der Waals surface area (Å²) in [4.78, 5) is 14.4. The van der Waals surface area contributed by atoms with Gasteiger partial charge in [0.2, 0.25) is 5.91 Å². The minimum Gasteiger partial charge on any atom is -0.355 e. The number of likely N-dealkylation sites (N-methyl/N-ethyl adjacent to an activating group) is 1. The Morgan fingerprint density at radius 3 is 2.53 bits per heavy atom. The zero-order valence-electron chi connectivity index (χ0n) is 10.8. The number of hydrogen-bond acceptors (Lipinski definition) is 2. The molecule has 3 aliphatic carbocycles. The lowest BCUT2D eigenvalue weighted by atomic mass is 10.0. The molecule has 0 saturated heterocycles. The number of carbonyl (C=O) groups excluding carboxylic acids is 1. The number of nitrogens with one attached hydrogen (secondary N) is 1. The van der Waals surface area contributed by atoms with Gasteiger partial charge in [-0.3, -0.25) is 9.69 Å². The van der Waals surface area contributed by atoms with Crippen molar-refractivity contribution in [1.82, 2.24) is 10.2 Å². The van der Waals surface area contributed by atoms with Crippen LogP contribution in [0.15, 0.2) is 0 Å². The minimum absolute atomic E-state index is 0.323. The third kappa shape index (κ3) is 2.65. The average Bonchev–Trinajstić information content (AvgIpc) is 3.25. The van der Waals surface area contributed by atoms with Crippen LogP contribution in [0.5, 0.6) is 0 Å². The van der Waals surface area contributed by atoms with Crippen LogP contribution in [0.1, 0.15) is 39.0 Å². The molecule has 3 aliphatic rings. The molecular weight excluding hydrogens is 212 g/mol. The Balaban J connectivity index is 1.34. The molecule has 2 atom stereocenters. The van der Waals surface area contributed by atoms with Crippen molar-refractivity contribution in [3.05, 3.63) is 0 Å². The number of carbonyl (C=O) groups is 1. The summed E-state index contributed by atoms with van der Waals surface area (Å²) in [5, 5.41) is 3.13. The van der Waals surface area contributed by atoms with E-state index >= 15 is 0 Å². The highest BCUT2D eigenvalue weighted by Crippen LogP contribution is 2.54. The standard InChI is InChI=1S/C14H24N2O/c1-2-16(13-3-4-13)6-5-15-14(17)12-8-10-7-11(10)9-12/h10-13H,2-9H2,1H3,(H,15,17). The first-order valence-corrected chi connectivity index (χ1v) is 7.29. The molecule has 0 aliphatic heterocycles. The molecule has 96 valence electrons. The molecule has 3 nitrogen and oxygen atoms in total. The normalized spacial score (nSPS) is 34.8. The Hall–Kier alpha value is -0.570. The van der Waals surface area contributed by atoms with Crippen molar-refractivity contribution >= 4 is 5.91 Å². The van der Waals surface area contributed by atoms with E-state index in [1.54, 1.807) is 0 Å². The highest BCUT2D eigenvalue weighted by molar-refractivity contribution is 5.79. The van der Waals surface area contributed by atoms with Crippen molar-refractivity contribution in [3.8, 4) is 0 Å². The van der Waals surface area contributed by atoms with Gasteiger partial charge in [0.25, 0.3) is 0 Å². The van der Waals surface area contributed by atoms with Crippen LogP contribution in [-0.2, 0) is 4.79 Å². The number of hydrogen-bond donors (Lipinski definition) is 1. The molecule has 2 unspecified atom stereocenters. The second kappa shape index (κ2) is 4.60. The Morgan fingerprint density at radius 2 is 1.94 bits per heavy atom. The molecule has 0 aromatic rings. The fourth-order valence-corrected chi connectivity index (χ4v) is 3.43. The first kappa shape index (κ1) is 11.5. The monoisotopic (exact) mass is 236 g/mol. The van der Waals surface area contributed by atoms with Crippen LogP contribution in [0.25, 0.3) is 0 Å². The van der Waals surface area contributed by atoms with Gasteiger partial charge in [-0.25, -0.2) is 0 Å². The quantitative estimate of drug-likeness (QED) is 0.760. The summed E-state index contributed by atoms with van der Waals surface area (Å²) < 4.78 is 0. The largest absolute Gasteiger partial charge is 0.355 e. The Kier molecular flexibility index (Phi) is 3.12. The number of nitrogens with zero attached hydrogens (tertiary/aromatic N) is 1. The van der Waals surface area contributed by atoms with Crippen molar-refractivity contribution in [1.29, 1.82) is 0 Å². The van der Waals surface area contributed by atoms with Gasteiger partial charge >= 0.3 is 0 Å². The molecular formula is C14H24N2O. The Morgan fingerprint density at radius 1 is 1.24 bits per heavy atom. The van der Waals surface area contributed by atoms with Crippen molar-refractivity contribution in [3.63, 3.8) is 0 Å². The summed E-state index contributed by atoms with van der Waals surface area (Å²) >= 11 is 0. The van der Waals surface area contributed by atoms with E-state index in [4.69, 9.17) is 0 Å². The van der Waals surface area contributed by atoms with Crippen LogP contribution in [0.3, 0.4) is 0 Å². The molecule has 1 N–H and O–H groups in total. The first-order chi connectivity index (χ1) is 8.28. The van der Waals surface area contributed by atoms with E-state index in [2.05, 4.69) is 17.1 Å². The van der Waals surface area contributed by atoms with E-state index in [-0.39, 0.29) is 0 Å². The average molecular weight is 236 g/mol. The van der Waals surface area contributed by atoms with Crippen LogP contribution in [0.2, 0.25) is 0 Å². The predicted molar refractivity (Wildman–Crippen MR) is 67.6 cm³/mol. The molecule has 0 bridgehead atoms. The summed E-state index contributed by atoms with van der Waals surface area (Å²) in [6.45, 7) is 5.21. The summed E-state index contributed by atoms with van der Waals surface area (Å²) in [6.07, 6.45) is 6.43. The van der Waals surface area contributed by atoms with E-state index in [9.17, 15) is 4.79 Å². The van der Waals surface area contributed by atoms with Crippen molar-refractivity contribution in [2.24, 2.45) is 17.8 Å². The zero-order chi connectivity index (χ0) is 11.8. The molecule has 3 fully saturated rings. The minimum atomic E-state index is 0.323. The Labute approximate surface area is 104 Å². The molecule has 3 heteroatoms. The first-order valence-electron chi connectivity index (χ1n) is 7.29. The van der Waals surface area contributed by atoms with Gasteiger partial charge in [0, 0.05) is 25.0 Å². The van der Waals surface area contributed by atoms with Crippen LogP contribution >= 0.6 is 0 Å². The van der Waals surface area contributed by atoms with Gasteiger partial charge in [-0.05, 0) is 50.5 Å². The van der Waals surface area contributed by atoms with Gasteiger partial charge in [0.05, 0.1) is 0 Å². The smallest absolute Gasteiger partial charge is 0.223 e. The fourth-order valence-electron chi connectivity index (χ4n) is 3.43. The number of fused-ring (bicyclic) bond motifs is 1. The van der Waals surface area contributed by atoms with Crippen LogP contribution in [0, 0.1) is 17.8 Å². The molecule has 17 heavy (non-hydrogen) atoms. The molecule has 3 rings (SSSR count). The number of amides is 1. The molecule has 1 amide bonds. The summed E-state index contributed by atoms with van der Waals surface area (Å²) in [6, 6.07) is 0.816. The lowest BCUT2D eigenvalue weighted by Crippen LogP contribution is -2.38. The van der Waals surface area contributed by atoms with E-state index in [0.717, 1.165) is 50.4 Å². The van der Waals surface area contributed by atoms with Gasteiger partial charge < -0.3 is 5.32 Å². The van der Waals surface area contributed by atoms with Crippen LogP contribution in [-0.4, -0.2) is 36.5 Å². The zero-order valence-corrected chi connectivity index (χ0v) is 10.8. The summed E-state index contributed by atoms with van der Waals surface area (Å²) in [5.74, 6) is 2.48. The van der Waals surface area contributed by atoms with Gasteiger partial charge in [-0.15, -0.1) is 0 Å². The van der Waals surface area contributed by atoms with Crippen molar-refractivity contribution in [2.45, 2.75) is 45.1 Å². The lowest BCUT2D eigenvalue weighted by Gasteiger charge is -2.20. The van der Waals surface area contributed by atoms with E-state index < -0.39 is 0 Å². The van der Waals surface area contributed by atoms with Gasteiger partial charge in [0.15, 0.2) is 0 Å². The number of rotatable bonds is 6. The maximum atomic E-state index is 11.9. The molecule has 0 radical (unpaired) electrons. The molecule has 0 spiro atoms. The molecule has 0 aromatic heterocycles. The van der Waals surface area contributed by atoms with Crippen LogP contribution < -0.4 is 5.32 Å². The predicted octanol–water partition coefficient (Wildman–Crippen LogP) is 1.63. The summed E-state index contributed by atoms with van der Waals surface area (Å²) in [5.41, 5.74) is 0. The highest BCUT2D eigenvalue weighted by Gasteiger charge is 2.47. The maximum Gasteiger partial charge on any atom is 0.223 e. The molecule has 0 aromatic carbocycles. The third-order valence-corrected chi connectivity index (χ3v) is 4.78. The van der Waals surface area contributed by atoms with E-state index in [0.29, 0.717) is 11.8 Å². The fraction of sp³-hybridized carbons (Fsp3) is 0.929. The molecule has 3 saturated carbocycles. The van der Waals surface area contributed by atoms with Crippen molar-refractivity contribution in [2.75, 3.05) is 19.6 Å².